The molecule has 102 valence electrons. The van der Waals surface area contributed by atoms with Gasteiger partial charge in [0.25, 0.3) is 5.91 Å². The molecular weight excluding hydrogens is 262 g/mol. The zero-order chi connectivity index (χ0) is 15.4. The molecule has 0 saturated heterocycles. The van der Waals surface area contributed by atoms with E-state index in [0.717, 1.165) is 0 Å². The van der Waals surface area contributed by atoms with Gasteiger partial charge in [-0.25, -0.2) is 0 Å². The van der Waals surface area contributed by atoms with Crippen molar-refractivity contribution in [1.29, 1.82) is 0 Å². The first-order chi connectivity index (χ1) is 10.0. The molecule has 0 aliphatic carbocycles. The fraction of sp³-hybridized carbons (Fsp3) is 0. The molecule has 0 atom stereocenters. The van der Waals surface area contributed by atoms with Crippen molar-refractivity contribution >= 4 is 23.0 Å². The van der Waals surface area contributed by atoms with E-state index >= 15 is 0 Å². The average molecular weight is 275 g/mol. The molecule has 0 aliphatic heterocycles. The summed E-state index contributed by atoms with van der Waals surface area (Å²) in [6.45, 7) is 0. The van der Waals surface area contributed by atoms with Gasteiger partial charge in [-0.1, -0.05) is 11.8 Å². The number of hydrogen-bond acceptors (Lipinski definition) is 3. The largest absolute Gasteiger partial charge is 0.399 e. The fourth-order valence-corrected chi connectivity index (χ4v) is 1.88. The van der Waals surface area contributed by atoms with Crippen molar-refractivity contribution in [3.8, 4) is 24.7 Å². The Bertz CT molecular complexity index is 774. The van der Waals surface area contributed by atoms with Crippen molar-refractivity contribution in [3.63, 3.8) is 0 Å². The van der Waals surface area contributed by atoms with E-state index in [-0.39, 0.29) is 5.91 Å². The minimum Gasteiger partial charge on any atom is -0.399 e. The topological polar surface area (TPSA) is 81.1 Å². The predicted octanol–water partition coefficient (Wildman–Crippen LogP) is 2.07. The van der Waals surface area contributed by atoms with E-state index in [1.165, 1.54) is 0 Å². The second kappa shape index (κ2) is 5.73. The van der Waals surface area contributed by atoms with Crippen LogP contribution in [0.4, 0.5) is 17.1 Å². The maximum absolute atomic E-state index is 12.2. The highest BCUT2D eigenvalue weighted by Crippen LogP contribution is 2.18. The molecule has 2 rings (SSSR count). The highest BCUT2D eigenvalue weighted by atomic mass is 16.1. The van der Waals surface area contributed by atoms with Gasteiger partial charge in [-0.05, 0) is 36.4 Å². The summed E-state index contributed by atoms with van der Waals surface area (Å²) in [5, 5.41) is 2.72. The molecule has 0 unspecified atom stereocenters. The Labute approximate surface area is 123 Å². The van der Waals surface area contributed by atoms with Crippen molar-refractivity contribution in [2.24, 2.45) is 0 Å². The first kappa shape index (κ1) is 14.0. The summed E-state index contributed by atoms with van der Waals surface area (Å²) in [7, 11) is 0. The van der Waals surface area contributed by atoms with Crippen LogP contribution in [-0.2, 0) is 0 Å². The molecule has 4 heteroatoms. The number of terminal acetylenes is 2. The van der Waals surface area contributed by atoms with Crippen LogP contribution in [0, 0.1) is 24.7 Å². The molecule has 0 spiro atoms. The van der Waals surface area contributed by atoms with Crippen LogP contribution in [-0.4, -0.2) is 5.91 Å². The lowest BCUT2D eigenvalue weighted by molar-refractivity contribution is 0.102. The molecule has 0 saturated carbocycles. The second-order valence-corrected chi connectivity index (χ2v) is 4.39. The lowest BCUT2D eigenvalue weighted by Gasteiger charge is -2.08. The van der Waals surface area contributed by atoms with E-state index in [1.807, 2.05) is 0 Å². The lowest BCUT2D eigenvalue weighted by Crippen LogP contribution is -2.13. The molecule has 2 aromatic rings. The van der Waals surface area contributed by atoms with Gasteiger partial charge in [0.1, 0.15) is 0 Å². The Hall–Kier alpha value is -3.37. The molecule has 5 N–H and O–H groups in total. The van der Waals surface area contributed by atoms with E-state index in [9.17, 15) is 4.79 Å². The number of carbonyl (C=O) groups is 1. The maximum Gasteiger partial charge on any atom is 0.255 e. The van der Waals surface area contributed by atoms with Crippen LogP contribution in [0.5, 0.6) is 0 Å². The van der Waals surface area contributed by atoms with E-state index in [0.29, 0.717) is 33.8 Å². The van der Waals surface area contributed by atoms with Gasteiger partial charge >= 0.3 is 0 Å². The number of hydrogen-bond donors (Lipinski definition) is 3. The zero-order valence-electron chi connectivity index (χ0n) is 11.2. The Balaban J connectivity index is 2.28. The average Bonchev–Trinajstić information content (AvgIpc) is 2.46. The van der Waals surface area contributed by atoms with Gasteiger partial charge in [-0.2, -0.15) is 0 Å². The normalized spacial score (nSPS) is 9.43. The highest BCUT2D eigenvalue weighted by Gasteiger charge is 2.09. The van der Waals surface area contributed by atoms with E-state index in [2.05, 4.69) is 17.2 Å². The number of anilines is 3. The monoisotopic (exact) mass is 275 g/mol. The van der Waals surface area contributed by atoms with Crippen molar-refractivity contribution in [1.82, 2.24) is 0 Å². The summed E-state index contributed by atoms with van der Waals surface area (Å²) in [6, 6.07) is 9.67. The molecule has 0 bridgehead atoms. The zero-order valence-corrected chi connectivity index (χ0v) is 11.2. The summed E-state index contributed by atoms with van der Waals surface area (Å²) in [4.78, 5) is 12.2. The van der Waals surface area contributed by atoms with Crippen molar-refractivity contribution in [2.75, 3.05) is 16.8 Å². The third-order valence-electron chi connectivity index (χ3n) is 2.83. The Morgan fingerprint density at radius 3 is 2.14 bits per heavy atom. The Kier molecular flexibility index (Phi) is 3.83. The molecular formula is C17H13N3O. The number of rotatable bonds is 2. The van der Waals surface area contributed by atoms with E-state index in [1.54, 1.807) is 36.4 Å². The molecule has 21 heavy (non-hydrogen) atoms. The SMILES string of the molecule is C#Cc1ccc(NC(=O)c2cc(N)cc(N)c2)cc1C#C. The van der Waals surface area contributed by atoms with Gasteiger partial charge in [0, 0.05) is 33.8 Å². The van der Waals surface area contributed by atoms with Gasteiger partial charge in [0.2, 0.25) is 0 Å². The van der Waals surface area contributed by atoms with Crippen LogP contribution in [0.3, 0.4) is 0 Å². The highest BCUT2D eigenvalue weighted by molar-refractivity contribution is 6.05. The van der Waals surface area contributed by atoms with Crippen LogP contribution >= 0.6 is 0 Å². The molecule has 2 aromatic carbocycles. The summed E-state index contributed by atoms with van der Waals surface area (Å²) in [5.41, 5.74) is 14.2. The fourth-order valence-electron chi connectivity index (χ4n) is 1.88. The number of carbonyl (C=O) groups excluding carboxylic acids is 1. The summed E-state index contributed by atoms with van der Waals surface area (Å²) >= 11 is 0. The Morgan fingerprint density at radius 2 is 1.57 bits per heavy atom. The van der Waals surface area contributed by atoms with Crippen LogP contribution < -0.4 is 16.8 Å². The predicted molar refractivity (Wildman–Crippen MR) is 85.5 cm³/mol. The summed E-state index contributed by atoms with van der Waals surface area (Å²) < 4.78 is 0. The molecule has 0 aliphatic rings. The van der Waals surface area contributed by atoms with Gasteiger partial charge in [-0.3, -0.25) is 4.79 Å². The number of amides is 1. The quantitative estimate of drug-likeness (QED) is 0.579. The third kappa shape index (κ3) is 3.15. The van der Waals surface area contributed by atoms with Crippen molar-refractivity contribution in [2.45, 2.75) is 0 Å². The molecule has 0 radical (unpaired) electrons. The molecule has 0 fully saturated rings. The van der Waals surface area contributed by atoms with Crippen LogP contribution in [0.2, 0.25) is 0 Å². The minimum absolute atomic E-state index is 0.328. The van der Waals surface area contributed by atoms with Crippen molar-refractivity contribution in [3.05, 3.63) is 53.1 Å². The first-order valence-corrected chi connectivity index (χ1v) is 6.08. The molecule has 1 amide bonds. The van der Waals surface area contributed by atoms with Gasteiger partial charge in [0.05, 0.1) is 0 Å². The maximum atomic E-state index is 12.2. The number of benzene rings is 2. The molecule has 0 aromatic heterocycles. The molecule has 4 nitrogen and oxygen atoms in total. The Morgan fingerprint density at radius 1 is 0.952 bits per heavy atom. The van der Waals surface area contributed by atoms with Gasteiger partial charge in [0.15, 0.2) is 0 Å². The smallest absolute Gasteiger partial charge is 0.255 e. The van der Waals surface area contributed by atoms with Gasteiger partial charge in [-0.15, -0.1) is 12.8 Å². The van der Waals surface area contributed by atoms with E-state index < -0.39 is 0 Å². The van der Waals surface area contributed by atoms with Crippen LogP contribution in [0.25, 0.3) is 0 Å². The van der Waals surface area contributed by atoms with Crippen LogP contribution in [0.1, 0.15) is 21.5 Å². The summed E-state index contributed by atoms with van der Waals surface area (Å²) in [5.74, 6) is 4.64. The van der Waals surface area contributed by atoms with Gasteiger partial charge < -0.3 is 16.8 Å². The lowest BCUT2D eigenvalue weighted by atomic mass is 10.1. The summed E-state index contributed by atoms with van der Waals surface area (Å²) in [6.07, 6.45) is 10.7. The molecule has 0 heterocycles. The van der Waals surface area contributed by atoms with Crippen LogP contribution in [0.15, 0.2) is 36.4 Å². The minimum atomic E-state index is -0.328. The number of nitrogens with one attached hydrogen (secondary N) is 1. The first-order valence-electron chi connectivity index (χ1n) is 6.08. The third-order valence-corrected chi connectivity index (χ3v) is 2.83. The second-order valence-electron chi connectivity index (χ2n) is 4.39. The standard InChI is InChI=1S/C17H13N3O/c1-3-11-5-6-16(9-12(11)4-2)20-17(21)13-7-14(18)10-15(19)8-13/h1-2,5-10H,18-19H2,(H,20,21). The number of nitrogen functional groups attached to an aromatic ring is 2. The number of nitrogens with two attached hydrogens (primary N) is 2. The van der Waals surface area contributed by atoms with Crippen molar-refractivity contribution < 1.29 is 4.79 Å². The van der Waals surface area contributed by atoms with E-state index in [4.69, 9.17) is 24.3 Å².